The van der Waals surface area contributed by atoms with Crippen molar-refractivity contribution >= 4 is 5.69 Å². The summed E-state index contributed by atoms with van der Waals surface area (Å²) in [4.78, 5) is 3.44. The Bertz CT molecular complexity index is 439. The van der Waals surface area contributed by atoms with Crippen molar-refractivity contribution in [2.75, 3.05) is 5.73 Å². The van der Waals surface area contributed by atoms with E-state index in [1.807, 2.05) is 0 Å². The van der Waals surface area contributed by atoms with Gasteiger partial charge in [-0.1, -0.05) is 0 Å². The number of rotatable bonds is 2. The zero-order valence-electron chi connectivity index (χ0n) is 7.75. The molecule has 1 rings (SSSR count). The van der Waals surface area contributed by atoms with Gasteiger partial charge in [0.05, 0.1) is 17.9 Å². The molecule has 0 fully saturated rings. The highest BCUT2D eigenvalue weighted by Crippen LogP contribution is 2.32. The standard InChI is InChI=1S/C8H6F3N3O2/c9-8(10,11)16-7-5(3-15)14-2-4(1-12)6(7)13/h2,15H,3H2,(H2,13,14). The third kappa shape index (κ3) is 2.52. The normalized spacial score (nSPS) is 10.9. The van der Waals surface area contributed by atoms with E-state index >= 15 is 0 Å². The van der Waals surface area contributed by atoms with E-state index in [-0.39, 0.29) is 11.3 Å². The van der Waals surface area contributed by atoms with Gasteiger partial charge in [-0.05, 0) is 0 Å². The van der Waals surface area contributed by atoms with Crippen LogP contribution in [0.3, 0.4) is 0 Å². The molecule has 86 valence electrons. The fraction of sp³-hybridized carbons (Fsp3) is 0.250. The number of halogens is 3. The summed E-state index contributed by atoms with van der Waals surface area (Å²) >= 11 is 0. The van der Waals surface area contributed by atoms with Gasteiger partial charge in [0, 0.05) is 6.20 Å². The molecule has 1 aromatic heterocycles. The topological polar surface area (TPSA) is 92.2 Å². The first-order valence-corrected chi connectivity index (χ1v) is 3.93. The molecule has 8 heteroatoms. The van der Waals surface area contributed by atoms with Crippen LogP contribution in [0.1, 0.15) is 11.3 Å². The van der Waals surface area contributed by atoms with Gasteiger partial charge in [-0.25, -0.2) is 0 Å². The molecule has 3 N–H and O–H groups in total. The van der Waals surface area contributed by atoms with Crippen molar-refractivity contribution < 1.29 is 23.0 Å². The average molecular weight is 233 g/mol. The van der Waals surface area contributed by atoms with Gasteiger partial charge in [-0.2, -0.15) is 5.26 Å². The summed E-state index contributed by atoms with van der Waals surface area (Å²) in [6.07, 6.45) is -4.00. The number of hydrogen-bond donors (Lipinski definition) is 2. The number of aliphatic hydroxyl groups is 1. The van der Waals surface area contributed by atoms with E-state index in [1.54, 1.807) is 6.07 Å². The summed E-state index contributed by atoms with van der Waals surface area (Å²) in [5, 5.41) is 17.3. The van der Waals surface area contributed by atoms with Crippen LogP contribution < -0.4 is 10.5 Å². The Hall–Kier alpha value is -2.01. The second kappa shape index (κ2) is 4.24. The molecule has 0 atom stereocenters. The molecular weight excluding hydrogens is 227 g/mol. The van der Waals surface area contributed by atoms with E-state index in [1.165, 1.54) is 0 Å². The van der Waals surface area contributed by atoms with E-state index in [4.69, 9.17) is 16.1 Å². The highest BCUT2D eigenvalue weighted by Gasteiger charge is 2.34. The number of anilines is 1. The molecule has 0 aliphatic rings. The number of ether oxygens (including phenoxy) is 1. The van der Waals surface area contributed by atoms with E-state index < -0.39 is 24.4 Å². The summed E-state index contributed by atoms with van der Waals surface area (Å²) in [7, 11) is 0. The lowest BCUT2D eigenvalue weighted by Crippen LogP contribution is -2.20. The van der Waals surface area contributed by atoms with Crippen molar-refractivity contribution in [2.45, 2.75) is 13.0 Å². The molecule has 16 heavy (non-hydrogen) atoms. The first-order valence-electron chi connectivity index (χ1n) is 3.93. The fourth-order valence-electron chi connectivity index (χ4n) is 0.980. The summed E-state index contributed by atoms with van der Waals surface area (Å²) in [6.45, 7) is -0.776. The number of aliphatic hydroxyl groups excluding tert-OH is 1. The van der Waals surface area contributed by atoms with Crippen LogP contribution in [0.5, 0.6) is 5.75 Å². The van der Waals surface area contributed by atoms with Crippen LogP contribution >= 0.6 is 0 Å². The predicted molar refractivity (Wildman–Crippen MR) is 46.0 cm³/mol. The molecule has 0 aromatic carbocycles. The lowest BCUT2D eigenvalue weighted by atomic mass is 10.2. The molecule has 0 spiro atoms. The van der Waals surface area contributed by atoms with Crippen molar-refractivity contribution in [2.24, 2.45) is 0 Å². The maximum absolute atomic E-state index is 12.0. The third-order valence-electron chi connectivity index (χ3n) is 1.63. The number of nitrogen functional groups attached to an aromatic ring is 1. The van der Waals surface area contributed by atoms with E-state index in [2.05, 4.69) is 9.72 Å². The Labute approximate surface area is 87.9 Å². The first kappa shape index (κ1) is 12.1. The van der Waals surface area contributed by atoms with E-state index in [0.29, 0.717) is 0 Å². The number of nitrogens with zero attached hydrogens (tertiary/aromatic N) is 2. The zero-order valence-corrected chi connectivity index (χ0v) is 7.75. The van der Waals surface area contributed by atoms with Crippen LogP contribution in [-0.4, -0.2) is 16.5 Å². The highest BCUT2D eigenvalue weighted by molar-refractivity contribution is 5.63. The maximum atomic E-state index is 12.0. The molecular formula is C8H6F3N3O2. The minimum Gasteiger partial charge on any atom is -0.401 e. The smallest absolute Gasteiger partial charge is 0.401 e. The Morgan fingerprint density at radius 1 is 1.56 bits per heavy atom. The lowest BCUT2D eigenvalue weighted by Gasteiger charge is -2.14. The van der Waals surface area contributed by atoms with Crippen molar-refractivity contribution in [1.29, 1.82) is 5.26 Å². The second-order valence-electron chi connectivity index (χ2n) is 2.68. The van der Waals surface area contributed by atoms with Crippen molar-refractivity contribution in [1.82, 2.24) is 4.98 Å². The summed E-state index contributed by atoms with van der Waals surface area (Å²) in [5.74, 6) is -0.839. The summed E-state index contributed by atoms with van der Waals surface area (Å²) in [5.41, 5.74) is 4.14. The van der Waals surface area contributed by atoms with E-state index in [9.17, 15) is 13.2 Å². The monoisotopic (exact) mass is 233 g/mol. The summed E-state index contributed by atoms with van der Waals surface area (Å²) < 4.78 is 39.6. The van der Waals surface area contributed by atoms with Crippen LogP contribution in [0.15, 0.2) is 6.20 Å². The number of hydrogen-bond acceptors (Lipinski definition) is 5. The maximum Gasteiger partial charge on any atom is 0.573 e. The molecule has 0 saturated carbocycles. The largest absolute Gasteiger partial charge is 0.573 e. The van der Waals surface area contributed by atoms with Crippen LogP contribution in [0.25, 0.3) is 0 Å². The fourth-order valence-corrected chi connectivity index (χ4v) is 0.980. The molecule has 0 unspecified atom stereocenters. The van der Waals surface area contributed by atoms with E-state index in [0.717, 1.165) is 6.20 Å². The number of nitrogens with two attached hydrogens (primary N) is 1. The van der Waals surface area contributed by atoms with Crippen LogP contribution in [0.2, 0.25) is 0 Å². The van der Waals surface area contributed by atoms with Gasteiger partial charge in [0.15, 0.2) is 5.75 Å². The number of aromatic nitrogens is 1. The molecule has 5 nitrogen and oxygen atoms in total. The molecule has 0 saturated heterocycles. The van der Waals surface area contributed by atoms with Crippen molar-refractivity contribution in [3.8, 4) is 11.8 Å². The van der Waals surface area contributed by atoms with Gasteiger partial charge in [0.1, 0.15) is 11.8 Å². The van der Waals surface area contributed by atoms with Gasteiger partial charge >= 0.3 is 6.36 Å². The molecule has 0 amide bonds. The Morgan fingerprint density at radius 3 is 2.62 bits per heavy atom. The number of alkyl halides is 3. The Balaban J connectivity index is 3.28. The molecule has 1 aromatic rings. The van der Waals surface area contributed by atoms with Crippen LogP contribution in [-0.2, 0) is 6.61 Å². The Kier molecular flexibility index (Phi) is 3.20. The minimum absolute atomic E-state index is 0.253. The summed E-state index contributed by atoms with van der Waals surface area (Å²) in [6, 6.07) is 1.56. The van der Waals surface area contributed by atoms with Gasteiger partial charge < -0.3 is 15.6 Å². The third-order valence-corrected chi connectivity index (χ3v) is 1.63. The Morgan fingerprint density at radius 2 is 2.19 bits per heavy atom. The van der Waals surface area contributed by atoms with Gasteiger partial charge in [-0.3, -0.25) is 4.98 Å². The number of nitriles is 1. The molecule has 0 radical (unpaired) electrons. The van der Waals surface area contributed by atoms with Gasteiger partial charge in [0.25, 0.3) is 0 Å². The number of pyridine rings is 1. The zero-order chi connectivity index (χ0) is 12.3. The molecule has 0 aliphatic carbocycles. The first-order chi connectivity index (χ1) is 7.39. The molecule has 0 bridgehead atoms. The average Bonchev–Trinajstić information content (AvgIpc) is 2.19. The minimum atomic E-state index is -4.96. The quantitative estimate of drug-likeness (QED) is 0.792. The van der Waals surface area contributed by atoms with Crippen LogP contribution in [0.4, 0.5) is 18.9 Å². The second-order valence-corrected chi connectivity index (χ2v) is 2.68. The van der Waals surface area contributed by atoms with Gasteiger partial charge in [0.2, 0.25) is 0 Å². The van der Waals surface area contributed by atoms with Gasteiger partial charge in [-0.15, -0.1) is 13.2 Å². The predicted octanol–water partition coefficient (Wildman–Crippen LogP) is 0.926. The van der Waals surface area contributed by atoms with Crippen molar-refractivity contribution in [3.05, 3.63) is 17.5 Å². The van der Waals surface area contributed by atoms with Crippen molar-refractivity contribution in [3.63, 3.8) is 0 Å². The SMILES string of the molecule is N#Cc1cnc(CO)c(OC(F)(F)F)c1N. The molecule has 1 heterocycles. The highest BCUT2D eigenvalue weighted by atomic mass is 19.4. The lowest BCUT2D eigenvalue weighted by molar-refractivity contribution is -0.274. The van der Waals surface area contributed by atoms with Crippen LogP contribution in [0, 0.1) is 11.3 Å². The molecule has 0 aliphatic heterocycles.